The minimum Gasteiger partial charge on any atom is -0.334 e. The lowest BCUT2D eigenvalue weighted by molar-refractivity contribution is 0.593. The van der Waals surface area contributed by atoms with Crippen LogP contribution in [-0.2, 0) is 9.84 Å². The summed E-state index contributed by atoms with van der Waals surface area (Å²) in [5.74, 6) is 0. The highest BCUT2D eigenvalue weighted by molar-refractivity contribution is 7.99. The van der Waals surface area contributed by atoms with Crippen molar-refractivity contribution in [2.24, 2.45) is 0 Å². The van der Waals surface area contributed by atoms with Crippen molar-refractivity contribution in [3.8, 4) is 12.1 Å². The van der Waals surface area contributed by atoms with E-state index in [1.165, 1.54) is 24.4 Å². The van der Waals surface area contributed by atoms with Gasteiger partial charge in [-0.05, 0) is 48.5 Å². The number of rotatable bonds is 4. The number of sulfone groups is 1. The maximum absolute atomic E-state index is 12.5. The summed E-state index contributed by atoms with van der Waals surface area (Å²) in [6.07, 6.45) is 3.12. The van der Waals surface area contributed by atoms with E-state index in [1.54, 1.807) is 48.3 Å². The third kappa shape index (κ3) is 5.00. The highest BCUT2D eigenvalue weighted by Crippen LogP contribution is 2.30. The lowest BCUT2D eigenvalue weighted by Gasteiger charge is -2.00. The molecule has 10 heteroatoms. The Hall–Kier alpha value is -4.90. The second-order valence-corrected chi connectivity index (χ2v) is 11.0. The highest BCUT2D eigenvalue weighted by atomic mass is 32.2. The van der Waals surface area contributed by atoms with Crippen LogP contribution >= 0.6 is 11.8 Å². The van der Waals surface area contributed by atoms with Gasteiger partial charge >= 0.3 is 0 Å². The summed E-state index contributed by atoms with van der Waals surface area (Å²) in [5.41, 5.74) is 2.18. The van der Waals surface area contributed by atoms with E-state index in [9.17, 15) is 8.42 Å². The van der Waals surface area contributed by atoms with E-state index in [1.807, 2.05) is 30.3 Å². The number of hydrogen-bond acceptors (Lipinski definition) is 7. The molecular weight excluding hydrogens is 516 g/mol. The van der Waals surface area contributed by atoms with Crippen LogP contribution in [0.3, 0.4) is 0 Å². The minimum absolute atomic E-state index is 0. The fourth-order valence-electron chi connectivity index (χ4n) is 3.74. The molecule has 0 saturated heterocycles. The molecule has 0 aliphatic carbocycles. The molecule has 2 aromatic carbocycles. The highest BCUT2D eigenvalue weighted by Gasteiger charge is 2.20. The van der Waals surface area contributed by atoms with Gasteiger partial charge in [-0.2, -0.15) is 10.5 Å². The van der Waals surface area contributed by atoms with Crippen LogP contribution in [0.5, 0.6) is 0 Å². The number of benzene rings is 2. The maximum Gasteiger partial charge on any atom is 0.221 e. The third-order valence-corrected chi connectivity index (χ3v) is 8.21. The first-order valence-electron chi connectivity index (χ1n) is 96.3. The molecule has 6 aromatic rings. The summed E-state index contributed by atoms with van der Waals surface area (Å²) < 4.78 is 875. The second-order valence-electron chi connectivity index (χ2n) is 7.96. The largest absolute Gasteiger partial charge is 0.334 e. The smallest absolute Gasteiger partial charge is 0.221 e. The average molecular weight is 880 g/mol. The molecule has 0 spiro atoms. The molecule has 38 heavy (non-hydrogen) atoms. The molecule has 0 aliphatic heterocycles. The fraction of sp³-hybridized carbons (Fsp3) is 0. The van der Waals surface area contributed by atoms with E-state index in [2.05, 4.69) is 38.1 Å². The Morgan fingerprint density at radius 2 is 1.32 bits per heavy atom. The van der Waals surface area contributed by atoms with Crippen molar-refractivity contribution < 1.29 is 262 Å². The standard InChI is InChI=1S/C14H9N3O2S.C14H9N3S.86H2/c15-9-10-6-7-16-14-12(10)8-13(17-14)20(18,19)11-4-2-1-3-5-11;15-9-10-6-7-16-14-12(10)8-13(17-14)18-11-4-2-1-3-5-11;;;;;;;;;;;;;;;;;;;;;;;;;;;;;;;;;;;;;;;;;;;;;;;;;;;;;;;;;;;;;;;;;;;;;;;;;;;;;;;;;;;;;;/h1-8H,(H,16,17);1-8H,(H,16,17);86*1H/i;;85*1+1D;1+1. The van der Waals surface area contributed by atoms with Gasteiger partial charge in [-0.15, -0.1) is 0 Å². The van der Waals surface area contributed by atoms with Crippen LogP contribution in [-0.4, -0.2) is 28.4 Å². The molecule has 0 radical (unpaired) electrons. The fourth-order valence-corrected chi connectivity index (χ4v) is 5.89. The molecule has 356 valence electrons. The molecule has 8 nitrogen and oxygen atoms in total. The molecule has 0 bridgehead atoms. The molecule has 0 saturated carbocycles. The molecule has 0 unspecified atom stereocenters. The van der Waals surface area contributed by atoms with Crippen LogP contribution in [0.15, 0.2) is 117 Å². The predicted octanol–water partition coefficient (Wildman–Crippen LogP) is 27.0. The van der Waals surface area contributed by atoms with Crippen molar-refractivity contribution in [1.29, 1.82) is 10.5 Å². The van der Waals surface area contributed by atoms with Crippen LogP contribution in [0.1, 0.15) is 265 Å². The minimum atomic E-state index is -3.63. The number of nitrogens with one attached hydrogen (secondary N) is 2. The van der Waals surface area contributed by atoms with Crippen LogP contribution in [0.4, 0.5) is 0 Å². The van der Waals surface area contributed by atoms with Gasteiger partial charge in [-0.25, -0.2) is 18.4 Å². The SMILES string of the molecule is N#Cc1ccnc2[nH]c(S(=O)(=O)c3ccccc3)cc12.N#Cc1ccnc2[nH]c(Sc3ccccc3)cc12.[2HH].[2H][2H].[2H][2H].[2H][2H].[2H][2H].[2H][2H].[2H][2H].[2H][2H].[2H][2H].[2H][2H].[2H][2H].[2H][2H].[2H][2H].[2H][2H].[2H][2H].[2H][2H].[2H][2H].[2H][2H].[2H][2H].[2H][2H].[2H][2H].[2H][2H].[2H][2H].[2H][2H].[2H][2H].[2H][2H].[2H][2H].[2H][2H].[2H][2H].[2H][2H].[2H][2H].[2H][2H].[2H][2H].[2H][2H].[2H][2H].[2H][2H].[2H][2H].[2H][2H].[2H][2H].[2H][2H].[2H][2H].[2H][2H].[2H][2H].[2H][2H].[2H][2H].[2H][2H].[2H][2H].[2H][2H].[2H][2H].[2H][2H].[2H][2H].[2H][2H].[2H][2H].[2H][2H].[2H][2H].[2H][2H].[2H][2H].[2H][2H].[2H][2H].[2H][2H].[2H][2H].[2H][2H].[2H][2H].[2H][2H].[2H][2H].[2H][2H].[2H][2H].[2H][2H].[2H][2H].[2H][2H].[2H][2H].[2H][2H].[2H][2H].[2H][2H].[2H][2H].[2H][2H].[2H][2H].[2H][2H].[2H][2H].[2H][2H].[2H][2H].[2H][2H].[2H][2H].[2H][2H].[2H][2H].[2H][2H]. The Kier molecular flexibility index (Phi) is 0.639. The number of aromatic nitrogens is 4. The Morgan fingerprint density at radius 1 is 0.763 bits per heavy atom. The van der Waals surface area contributed by atoms with Crippen molar-refractivity contribution in [2.75, 3.05) is 0 Å². The number of pyridine rings is 2. The van der Waals surface area contributed by atoms with Crippen molar-refractivity contribution >= 4 is 43.7 Å². The lowest BCUT2D eigenvalue weighted by atomic mass is 10.2. The van der Waals surface area contributed by atoms with Crippen molar-refractivity contribution in [3.63, 3.8) is 0 Å². The molecule has 4 aromatic heterocycles. The summed E-state index contributed by atoms with van der Waals surface area (Å²) in [6, 6.07) is 29.1. The number of fused-ring (bicyclic) bond motifs is 2. The van der Waals surface area contributed by atoms with Crippen LogP contribution < -0.4 is 0 Å². The van der Waals surface area contributed by atoms with E-state index in [4.69, 9.17) is 263 Å². The third-order valence-electron chi connectivity index (χ3n) is 5.57. The van der Waals surface area contributed by atoms with Gasteiger partial charge in [0.05, 0.1) is 33.2 Å². The number of nitriles is 2. The average Bonchev–Trinajstić information content (AvgIpc) is 1.63. The molecule has 2 N–H and O–H groups in total. The first-order valence-corrected chi connectivity index (χ1v) is 13.6. The number of nitrogens with zero attached hydrogens (tertiary/aromatic N) is 4. The van der Waals surface area contributed by atoms with E-state index in [0.717, 1.165) is 21.0 Å². The summed E-state index contributed by atoms with van der Waals surface area (Å²) in [4.78, 5) is 15.6. The Morgan fingerprint density at radius 3 is 1.92 bits per heavy atom. The molecule has 0 atom stereocenters. The zero-order valence-electron chi connectivity index (χ0n) is 190. The Balaban J connectivity index is -0.0000000100. The number of H-pyrrole nitrogens is 2. The monoisotopic (exact) mass is 880 g/mol. The Labute approximate surface area is 486 Å². The summed E-state index contributed by atoms with van der Waals surface area (Å²) >= 11 is 1.63. The predicted molar refractivity (Wildman–Crippen MR) is 326 cm³/mol. The maximum atomic E-state index is 12.5. The summed E-state index contributed by atoms with van der Waals surface area (Å²) in [5, 5.41) is 20.5. The van der Waals surface area contributed by atoms with Crippen molar-refractivity contribution in [2.45, 2.75) is 19.8 Å². The van der Waals surface area contributed by atoms with E-state index >= 15 is 0 Å². The first-order chi connectivity index (χ1) is 103. The molecule has 4 heterocycles. The van der Waals surface area contributed by atoms with Crippen molar-refractivity contribution in [3.05, 3.63) is 108 Å². The van der Waals surface area contributed by atoms with Gasteiger partial charge in [0.1, 0.15) is 16.3 Å². The van der Waals surface area contributed by atoms with Gasteiger partial charge in [-0.1, -0.05) is 48.2 Å². The van der Waals surface area contributed by atoms with Gasteiger partial charge in [0.2, 0.25) is 9.84 Å². The zero-order valence-corrected chi connectivity index (χ0v) is 21.3. The molecule has 0 fully saturated rings. The first kappa shape index (κ1) is 2.29. The molecule has 0 amide bonds. The zero-order chi connectivity index (χ0) is 197. The topological polar surface area (TPSA) is 139 Å². The van der Waals surface area contributed by atoms with Crippen LogP contribution in [0, 0.1) is 22.7 Å². The quantitative estimate of drug-likeness (QED) is 0.180. The van der Waals surface area contributed by atoms with Crippen LogP contribution in [0.25, 0.3) is 22.1 Å². The lowest BCUT2D eigenvalue weighted by Crippen LogP contribution is -2.01. The van der Waals surface area contributed by atoms with Crippen LogP contribution in [0.2, 0.25) is 0 Å². The molecule has 0 aliphatic rings. The van der Waals surface area contributed by atoms with E-state index in [0.29, 0.717) is 22.2 Å². The van der Waals surface area contributed by atoms with Crippen molar-refractivity contribution in [1.82, 2.24) is 19.9 Å². The Bertz CT molecular complexity index is 2080. The van der Waals surface area contributed by atoms with Gasteiger partial charge < -0.3 is 9.97 Å². The summed E-state index contributed by atoms with van der Waals surface area (Å²) in [6.45, 7) is 0. The van der Waals surface area contributed by atoms with Gasteiger partial charge in [0, 0.05) is 282 Å². The second kappa shape index (κ2) is 10.6. The number of aromatic amines is 2. The normalized spacial score (nSPS) is 28.8. The van der Waals surface area contributed by atoms with Gasteiger partial charge in [0.25, 0.3) is 0 Å². The van der Waals surface area contributed by atoms with Gasteiger partial charge in [0.15, 0.2) is 0 Å². The number of hydrogen-bond donors (Lipinski definition) is 2. The molecule has 6 rings (SSSR count). The van der Waals surface area contributed by atoms with Gasteiger partial charge in [-0.3, -0.25) is 0 Å². The molecular formula is C28H190N6O2S2. The van der Waals surface area contributed by atoms with E-state index < -0.39 is 9.84 Å². The van der Waals surface area contributed by atoms with E-state index in [-0.39, 0.29) is 11.3 Å². The summed E-state index contributed by atoms with van der Waals surface area (Å²) in [7, 11) is -3.63.